The predicted molar refractivity (Wildman–Crippen MR) is 135 cm³/mol. The molecule has 1 amide bonds. The number of nitrogens with zero attached hydrogens (tertiary/aromatic N) is 1. The number of fused-ring (bicyclic) bond motifs is 5. The Hall–Kier alpha value is -2.21. The first-order valence-electron chi connectivity index (χ1n) is 12.9. The van der Waals surface area contributed by atoms with E-state index in [0.29, 0.717) is 53.2 Å². The number of aromatic nitrogens is 1. The monoisotopic (exact) mass is 480 g/mol. The SMILES string of the molecule is CCc1cc2c(cc1O)CCC1C2CC[C@]2(C)C(=O)C[C@@H](CCCC(=O)Nc3ncc(C)s3)C12. The van der Waals surface area contributed by atoms with Gasteiger partial charge in [-0.25, -0.2) is 4.98 Å². The van der Waals surface area contributed by atoms with E-state index in [0.717, 1.165) is 55.4 Å². The lowest BCUT2D eigenvalue weighted by Gasteiger charge is -2.50. The second-order valence-corrected chi connectivity index (χ2v) is 12.2. The van der Waals surface area contributed by atoms with Crippen molar-refractivity contribution in [2.45, 2.75) is 84.5 Å². The Balaban J connectivity index is 1.30. The molecule has 1 aromatic carbocycles. The molecular formula is C28H36N2O3S. The van der Waals surface area contributed by atoms with Crippen molar-refractivity contribution >= 4 is 28.2 Å². The van der Waals surface area contributed by atoms with Gasteiger partial charge < -0.3 is 10.4 Å². The third-order valence-corrected chi connectivity index (χ3v) is 9.82. The number of hydrogen-bond acceptors (Lipinski definition) is 5. The van der Waals surface area contributed by atoms with E-state index in [2.05, 4.69) is 30.2 Å². The minimum absolute atomic E-state index is 0.0152. The molecule has 5 rings (SSSR count). The van der Waals surface area contributed by atoms with E-state index in [1.54, 1.807) is 6.20 Å². The fourth-order valence-electron chi connectivity index (χ4n) is 7.38. The largest absolute Gasteiger partial charge is 0.508 e. The van der Waals surface area contributed by atoms with Gasteiger partial charge in [-0.15, -0.1) is 11.3 Å². The third-order valence-electron chi connectivity index (χ3n) is 9.00. The summed E-state index contributed by atoms with van der Waals surface area (Å²) in [6, 6.07) is 4.25. The first kappa shape index (κ1) is 23.5. The summed E-state index contributed by atoms with van der Waals surface area (Å²) in [5.41, 5.74) is 3.54. The Labute approximate surface area is 206 Å². The number of amides is 1. The van der Waals surface area contributed by atoms with Gasteiger partial charge in [-0.3, -0.25) is 9.59 Å². The Kier molecular flexibility index (Phi) is 6.30. The molecule has 0 aliphatic heterocycles. The van der Waals surface area contributed by atoms with Crippen LogP contribution in [0.5, 0.6) is 5.75 Å². The molecule has 2 fully saturated rings. The maximum atomic E-state index is 13.2. The average Bonchev–Trinajstić information content (AvgIpc) is 3.32. The van der Waals surface area contributed by atoms with Crippen LogP contribution in [0.25, 0.3) is 0 Å². The molecule has 5 atom stereocenters. The summed E-state index contributed by atoms with van der Waals surface area (Å²) >= 11 is 1.50. The average molecular weight is 481 g/mol. The number of phenols is 1. The maximum Gasteiger partial charge on any atom is 0.226 e. The van der Waals surface area contributed by atoms with Crippen LogP contribution >= 0.6 is 11.3 Å². The summed E-state index contributed by atoms with van der Waals surface area (Å²) in [5.74, 6) is 2.65. The van der Waals surface area contributed by atoms with E-state index >= 15 is 0 Å². The number of thiazole rings is 1. The van der Waals surface area contributed by atoms with Crippen molar-refractivity contribution in [2.24, 2.45) is 23.2 Å². The van der Waals surface area contributed by atoms with Gasteiger partial charge in [-0.05, 0) is 98.3 Å². The number of phenolic OH excluding ortho intramolecular Hbond substituents is 1. The number of rotatable bonds is 6. The molecule has 0 saturated heterocycles. The van der Waals surface area contributed by atoms with Crippen LogP contribution < -0.4 is 5.32 Å². The zero-order valence-corrected chi connectivity index (χ0v) is 21.3. The van der Waals surface area contributed by atoms with Crippen molar-refractivity contribution in [2.75, 3.05) is 5.32 Å². The normalized spacial score (nSPS) is 29.9. The number of hydrogen-bond donors (Lipinski definition) is 2. The number of anilines is 1. The van der Waals surface area contributed by atoms with E-state index in [1.807, 2.05) is 13.0 Å². The van der Waals surface area contributed by atoms with Crippen LogP contribution in [-0.2, 0) is 22.4 Å². The van der Waals surface area contributed by atoms with Crippen LogP contribution in [0.2, 0.25) is 0 Å². The number of Topliss-reactive ketones (excluding diaryl/α,β-unsaturated/α-hetero) is 1. The summed E-state index contributed by atoms with van der Waals surface area (Å²) in [6.45, 7) is 6.29. The highest BCUT2D eigenvalue weighted by molar-refractivity contribution is 7.15. The number of aryl methyl sites for hydroxylation is 3. The van der Waals surface area contributed by atoms with E-state index in [1.165, 1.54) is 22.5 Å². The zero-order valence-electron chi connectivity index (χ0n) is 20.5. The predicted octanol–water partition coefficient (Wildman–Crippen LogP) is 6.18. The fourth-order valence-corrected chi connectivity index (χ4v) is 8.06. The van der Waals surface area contributed by atoms with Crippen LogP contribution in [0.3, 0.4) is 0 Å². The molecule has 182 valence electrons. The molecule has 3 aliphatic carbocycles. The van der Waals surface area contributed by atoms with Gasteiger partial charge in [0.2, 0.25) is 5.91 Å². The van der Waals surface area contributed by atoms with Crippen molar-refractivity contribution in [1.82, 2.24) is 4.98 Å². The van der Waals surface area contributed by atoms with E-state index in [-0.39, 0.29) is 11.3 Å². The molecular weight excluding hydrogens is 444 g/mol. The summed E-state index contributed by atoms with van der Waals surface area (Å²) < 4.78 is 0. The quantitative estimate of drug-likeness (QED) is 0.517. The molecule has 1 heterocycles. The second-order valence-electron chi connectivity index (χ2n) is 10.9. The lowest BCUT2D eigenvalue weighted by Crippen LogP contribution is -2.44. The third kappa shape index (κ3) is 4.08. The highest BCUT2D eigenvalue weighted by Crippen LogP contribution is 2.62. The molecule has 0 spiro atoms. The number of ketones is 1. The van der Waals surface area contributed by atoms with Gasteiger partial charge >= 0.3 is 0 Å². The van der Waals surface area contributed by atoms with Crippen molar-refractivity contribution in [3.63, 3.8) is 0 Å². The van der Waals surface area contributed by atoms with Crippen molar-refractivity contribution in [1.29, 1.82) is 0 Å². The molecule has 6 heteroatoms. The van der Waals surface area contributed by atoms with Gasteiger partial charge in [-0.1, -0.05) is 19.9 Å². The molecule has 5 nitrogen and oxygen atoms in total. The van der Waals surface area contributed by atoms with Gasteiger partial charge in [0.05, 0.1) is 0 Å². The standard InChI is InChI=1S/C28H36N2O3S/c1-4-17-12-22-18(13-23(17)31)8-9-21-20(22)10-11-28(3)24(32)14-19(26(21)28)6-5-7-25(33)30-27-29-15-16(2)34-27/h12-13,15,19-21,26,31H,4-11,14H2,1-3H3,(H,29,30,33)/t19-,20?,21?,26?,28-/m1/s1. The Morgan fingerprint density at radius 2 is 2.15 bits per heavy atom. The van der Waals surface area contributed by atoms with Gasteiger partial charge in [-0.2, -0.15) is 0 Å². The van der Waals surface area contributed by atoms with E-state index in [4.69, 9.17) is 0 Å². The first-order valence-corrected chi connectivity index (χ1v) is 13.7. The van der Waals surface area contributed by atoms with Crippen LogP contribution in [0.4, 0.5) is 5.13 Å². The maximum absolute atomic E-state index is 13.2. The fraction of sp³-hybridized carbons (Fsp3) is 0.607. The van der Waals surface area contributed by atoms with E-state index in [9.17, 15) is 14.7 Å². The van der Waals surface area contributed by atoms with Gasteiger partial charge in [0.25, 0.3) is 0 Å². The molecule has 2 saturated carbocycles. The van der Waals surface area contributed by atoms with Crippen molar-refractivity contribution in [3.8, 4) is 5.75 Å². The molecule has 0 bridgehead atoms. The minimum atomic E-state index is -0.214. The number of carbonyl (C=O) groups is 2. The lowest BCUT2D eigenvalue weighted by molar-refractivity contribution is -0.129. The van der Waals surface area contributed by atoms with Crippen LogP contribution in [0.1, 0.15) is 86.3 Å². The zero-order chi connectivity index (χ0) is 24.0. The summed E-state index contributed by atoms with van der Waals surface area (Å²) in [6.07, 6.45) is 9.59. The molecule has 2 N–H and O–H groups in total. The van der Waals surface area contributed by atoms with Gasteiger partial charge in [0.1, 0.15) is 11.5 Å². The van der Waals surface area contributed by atoms with Gasteiger partial charge in [0.15, 0.2) is 5.13 Å². The minimum Gasteiger partial charge on any atom is -0.508 e. The van der Waals surface area contributed by atoms with Gasteiger partial charge in [0, 0.05) is 29.3 Å². The molecule has 3 unspecified atom stereocenters. The highest BCUT2D eigenvalue weighted by Gasteiger charge is 2.58. The topological polar surface area (TPSA) is 79.3 Å². The van der Waals surface area contributed by atoms with Crippen LogP contribution in [0.15, 0.2) is 18.3 Å². The molecule has 3 aliphatic rings. The number of nitrogens with one attached hydrogen (secondary N) is 1. The van der Waals surface area contributed by atoms with Crippen molar-refractivity contribution in [3.05, 3.63) is 39.9 Å². The Morgan fingerprint density at radius 1 is 1.32 bits per heavy atom. The molecule has 2 aromatic rings. The Bertz CT molecular complexity index is 1110. The number of carbonyl (C=O) groups excluding carboxylic acids is 2. The van der Waals surface area contributed by atoms with E-state index < -0.39 is 0 Å². The molecule has 1 aromatic heterocycles. The van der Waals surface area contributed by atoms with Crippen LogP contribution in [-0.4, -0.2) is 21.8 Å². The highest BCUT2D eigenvalue weighted by atomic mass is 32.1. The Morgan fingerprint density at radius 3 is 2.88 bits per heavy atom. The summed E-state index contributed by atoms with van der Waals surface area (Å²) in [5, 5.41) is 14.0. The number of benzene rings is 1. The molecule has 34 heavy (non-hydrogen) atoms. The number of aromatic hydroxyl groups is 1. The van der Waals surface area contributed by atoms with Crippen LogP contribution in [0, 0.1) is 30.1 Å². The first-order chi connectivity index (χ1) is 16.3. The summed E-state index contributed by atoms with van der Waals surface area (Å²) in [7, 11) is 0. The summed E-state index contributed by atoms with van der Waals surface area (Å²) in [4.78, 5) is 31.0. The molecule has 0 radical (unpaired) electrons. The smallest absolute Gasteiger partial charge is 0.226 e. The van der Waals surface area contributed by atoms with Crippen molar-refractivity contribution < 1.29 is 14.7 Å². The second kappa shape index (κ2) is 9.10. The lowest BCUT2D eigenvalue weighted by atomic mass is 9.54.